The zero-order valence-corrected chi connectivity index (χ0v) is 16.6. The summed E-state index contributed by atoms with van der Waals surface area (Å²) < 4.78 is 56.2. The molecule has 2 heterocycles. The average molecular weight is 423 g/mol. The average Bonchev–Trinajstić information content (AvgIpc) is 3.03. The SMILES string of the molecule is CN1CC=C(c2cc3cc(F)cc(F)c3n2S(=O)(=O)c2ccc(Cl)cc2)CC1. The Labute approximate surface area is 166 Å². The Morgan fingerprint density at radius 3 is 2.43 bits per heavy atom. The van der Waals surface area contributed by atoms with Crippen LogP contribution in [0.3, 0.4) is 0 Å². The van der Waals surface area contributed by atoms with Crippen molar-refractivity contribution < 1.29 is 17.2 Å². The number of likely N-dealkylation sites (N-methyl/N-ethyl adjacent to an activating group) is 1. The van der Waals surface area contributed by atoms with Crippen molar-refractivity contribution in [1.29, 1.82) is 0 Å². The van der Waals surface area contributed by atoms with Crippen LogP contribution in [0.4, 0.5) is 8.78 Å². The van der Waals surface area contributed by atoms with E-state index in [1.165, 1.54) is 30.3 Å². The minimum Gasteiger partial charge on any atom is -0.302 e. The molecule has 4 nitrogen and oxygen atoms in total. The van der Waals surface area contributed by atoms with Crippen molar-refractivity contribution in [3.05, 3.63) is 70.9 Å². The molecule has 8 heteroatoms. The number of fused-ring (bicyclic) bond motifs is 1. The van der Waals surface area contributed by atoms with Crippen molar-refractivity contribution in [2.45, 2.75) is 11.3 Å². The van der Waals surface area contributed by atoms with Gasteiger partial charge in [-0.3, -0.25) is 0 Å². The first-order valence-electron chi connectivity index (χ1n) is 8.67. The highest BCUT2D eigenvalue weighted by Crippen LogP contribution is 2.34. The highest BCUT2D eigenvalue weighted by Gasteiger charge is 2.27. The number of rotatable bonds is 3. The maximum atomic E-state index is 14.7. The Kier molecular flexibility index (Phi) is 4.77. The maximum absolute atomic E-state index is 14.7. The molecule has 1 aliphatic rings. The molecule has 0 amide bonds. The van der Waals surface area contributed by atoms with Crippen molar-refractivity contribution in [3.8, 4) is 0 Å². The van der Waals surface area contributed by atoms with Crippen molar-refractivity contribution >= 4 is 38.1 Å². The molecular weight excluding hydrogens is 406 g/mol. The Morgan fingerprint density at radius 1 is 1.07 bits per heavy atom. The molecular formula is C20H17ClF2N2O2S. The van der Waals surface area contributed by atoms with Crippen LogP contribution in [0.5, 0.6) is 0 Å². The summed E-state index contributed by atoms with van der Waals surface area (Å²) in [7, 11) is -2.17. The molecule has 0 fully saturated rings. The van der Waals surface area contributed by atoms with Gasteiger partial charge in [0.05, 0.1) is 10.6 Å². The molecule has 0 unspecified atom stereocenters. The van der Waals surface area contributed by atoms with E-state index < -0.39 is 21.7 Å². The second-order valence-electron chi connectivity index (χ2n) is 6.82. The van der Waals surface area contributed by atoms with Gasteiger partial charge in [0.1, 0.15) is 11.3 Å². The van der Waals surface area contributed by atoms with Gasteiger partial charge in [0, 0.05) is 29.6 Å². The van der Waals surface area contributed by atoms with E-state index in [1.54, 1.807) is 0 Å². The molecule has 1 aliphatic heterocycles. The molecule has 3 aromatic rings. The summed E-state index contributed by atoms with van der Waals surface area (Å²) in [5, 5.41) is 0.590. The van der Waals surface area contributed by atoms with E-state index in [4.69, 9.17) is 11.6 Å². The van der Waals surface area contributed by atoms with Gasteiger partial charge in [-0.05, 0) is 55.4 Å². The molecule has 4 rings (SSSR count). The van der Waals surface area contributed by atoms with Crippen LogP contribution >= 0.6 is 11.6 Å². The van der Waals surface area contributed by atoms with Gasteiger partial charge < -0.3 is 4.90 Å². The number of halogens is 3. The van der Waals surface area contributed by atoms with Crippen molar-refractivity contribution in [2.24, 2.45) is 0 Å². The predicted molar refractivity (Wildman–Crippen MR) is 106 cm³/mol. The Morgan fingerprint density at radius 2 is 1.79 bits per heavy atom. The summed E-state index contributed by atoms with van der Waals surface area (Å²) in [4.78, 5) is 2.07. The van der Waals surface area contributed by atoms with E-state index >= 15 is 0 Å². The monoisotopic (exact) mass is 422 g/mol. The molecule has 0 saturated heterocycles. The molecule has 0 radical (unpaired) electrons. The quantitative estimate of drug-likeness (QED) is 0.622. The van der Waals surface area contributed by atoms with E-state index in [0.29, 0.717) is 29.7 Å². The van der Waals surface area contributed by atoms with E-state index in [1.807, 2.05) is 13.1 Å². The minimum absolute atomic E-state index is 0.0205. The smallest absolute Gasteiger partial charge is 0.268 e. The number of hydrogen-bond acceptors (Lipinski definition) is 3. The first kappa shape index (κ1) is 19.1. The fourth-order valence-electron chi connectivity index (χ4n) is 3.42. The van der Waals surface area contributed by atoms with Gasteiger partial charge in [-0.25, -0.2) is 21.2 Å². The number of benzene rings is 2. The van der Waals surface area contributed by atoms with Crippen LogP contribution in [0, 0.1) is 11.6 Å². The van der Waals surface area contributed by atoms with Crippen LogP contribution in [0.1, 0.15) is 12.1 Å². The molecule has 1 aromatic heterocycles. The molecule has 0 atom stereocenters. The molecule has 28 heavy (non-hydrogen) atoms. The van der Waals surface area contributed by atoms with Gasteiger partial charge in [-0.2, -0.15) is 0 Å². The molecule has 0 aliphatic carbocycles. The zero-order chi connectivity index (χ0) is 20.1. The van der Waals surface area contributed by atoms with Gasteiger partial charge in [-0.1, -0.05) is 17.7 Å². The lowest BCUT2D eigenvalue weighted by atomic mass is 10.1. The number of hydrogen-bond donors (Lipinski definition) is 0. The normalized spacial score (nSPS) is 15.8. The summed E-state index contributed by atoms with van der Waals surface area (Å²) in [5.41, 5.74) is 0.973. The topological polar surface area (TPSA) is 42.3 Å². The summed E-state index contributed by atoms with van der Waals surface area (Å²) in [6, 6.07) is 9.05. The van der Waals surface area contributed by atoms with E-state index in [9.17, 15) is 17.2 Å². The summed E-state index contributed by atoms with van der Waals surface area (Å²) in [6.07, 6.45) is 2.52. The van der Waals surface area contributed by atoms with Crippen molar-refractivity contribution in [1.82, 2.24) is 8.87 Å². The lowest BCUT2D eigenvalue weighted by Crippen LogP contribution is -2.25. The summed E-state index contributed by atoms with van der Waals surface area (Å²) in [5.74, 6) is -1.68. The fraction of sp³-hybridized carbons (Fsp3) is 0.200. The molecule has 146 valence electrons. The zero-order valence-electron chi connectivity index (χ0n) is 15.0. The Bertz CT molecular complexity index is 1200. The molecule has 0 saturated carbocycles. The van der Waals surface area contributed by atoms with Gasteiger partial charge in [0.15, 0.2) is 5.82 Å². The standard InChI is InChI=1S/C20H17ClF2N2O2S/c1-24-8-6-13(7-9-24)19-11-14-10-16(22)12-18(23)20(14)25(19)28(26,27)17-4-2-15(21)3-5-17/h2-6,10-12H,7-9H2,1H3. The highest BCUT2D eigenvalue weighted by atomic mass is 35.5. The molecule has 2 aromatic carbocycles. The minimum atomic E-state index is -4.13. The van der Waals surface area contributed by atoms with Gasteiger partial charge in [-0.15, -0.1) is 0 Å². The summed E-state index contributed by atoms with van der Waals surface area (Å²) >= 11 is 5.87. The third kappa shape index (κ3) is 3.23. The first-order chi connectivity index (χ1) is 13.3. The largest absolute Gasteiger partial charge is 0.302 e. The van der Waals surface area contributed by atoms with Gasteiger partial charge in [0.2, 0.25) is 0 Å². The van der Waals surface area contributed by atoms with Crippen molar-refractivity contribution in [2.75, 3.05) is 20.1 Å². The lowest BCUT2D eigenvalue weighted by molar-refractivity contribution is 0.369. The van der Waals surface area contributed by atoms with E-state index in [0.717, 1.165) is 22.2 Å². The van der Waals surface area contributed by atoms with E-state index in [-0.39, 0.29) is 15.8 Å². The third-order valence-corrected chi connectivity index (χ3v) is 6.84. The van der Waals surface area contributed by atoms with E-state index in [2.05, 4.69) is 4.90 Å². The summed E-state index contributed by atoms with van der Waals surface area (Å²) in [6.45, 7) is 1.39. The van der Waals surface area contributed by atoms with Gasteiger partial charge >= 0.3 is 0 Å². The Balaban J connectivity index is 2.02. The fourth-order valence-corrected chi connectivity index (χ4v) is 5.10. The number of nitrogens with zero attached hydrogens (tertiary/aromatic N) is 2. The molecule has 0 bridgehead atoms. The molecule has 0 N–H and O–H groups in total. The van der Waals surface area contributed by atoms with Crippen LogP contribution in [0.15, 0.2) is 53.4 Å². The van der Waals surface area contributed by atoms with Gasteiger partial charge in [0.25, 0.3) is 10.0 Å². The highest BCUT2D eigenvalue weighted by molar-refractivity contribution is 7.90. The second-order valence-corrected chi connectivity index (χ2v) is 9.04. The third-order valence-electron chi connectivity index (χ3n) is 4.86. The Hall–Kier alpha value is -2.22. The second kappa shape index (κ2) is 6.99. The van der Waals surface area contributed by atoms with Crippen LogP contribution < -0.4 is 0 Å². The molecule has 0 spiro atoms. The predicted octanol–water partition coefficient (Wildman–Crippen LogP) is 4.53. The maximum Gasteiger partial charge on any atom is 0.268 e. The van der Waals surface area contributed by atoms with Crippen molar-refractivity contribution in [3.63, 3.8) is 0 Å². The lowest BCUT2D eigenvalue weighted by Gasteiger charge is -2.23. The van der Waals surface area contributed by atoms with Crippen LogP contribution in [-0.2, 0) is 10.0 Å². The van der Waals surface area contributed by atoms with Crippen LogP contribution in [0.2, 0.25) is 5.02 Å². The number of aromatic nitrogens is 1. The first-order valence-corrected chi connectivity index (χ1v) is 10.5. The van der Waals surface area contributed by atoms with Crippen LogP contribution in [-0.4, -0.2) is 37.4 Å². The van der Waals surface area contributed by atoms with Crippen LogP contribution in [0.25, 0.3) is 16.5 Å².